The summed E-state index contributed by atoms with van der Waals surface area (Å²) >= 11 is 0. The molecule has 0 unspecified atom stereocenters. The van der Waals surface area contributed by atoms with E-state index < -0.39 is 0 Å². The topological polar surface area (TPSA) is 59.1 Å². The van der Waals surface area contributed by atoms with Crippen LogP contribution in [0.5, 0.6) is 11.5 Å². The molecule has 4 heteroatoms. The Morgan fingerprint density at radius 3 is 2.39 bits per heavy atom. The van der Waals surface area contributed by atoms with Gasteiger partial charge in [0.1, 0.15) is 23.2 Å². The lowest BCUT2D eigenvalue weighted by Crippen LogP contribution is -2.10. The SMILES string of the molecule is Cc1cc(F)ccc1Oc1ccc(C(=N)N)cc1. The van der Waals surface area contributed by atoms with Crippen molar-refractivity contribution < 1.29 is 9.13 Å². The fourth-order valence-electron chi connectivity index (χ4n) is 1.56. The minimum Gasteiger partial charge on any atom is -0.457 e. The number of rotatable bonds is 3. The van der Waals surface area contributed by atoms with Crippen LogP contribution in [0.4, 0.5) is 4.39 Å². The summed E-state index contributed by atoms with van der Waals surface area (Å²) in [5.41, 5.74) is 6.72. The van der Waals surface area contributed by atoms with E-state index in [1.54, 1.807) is 37.3 Å². The summed E-state index contributed by atoms with van der Waals surface area (Å²) < 4.78 is 18.6. The molecule has 0 aliphatic rings. The Kier molecular flexibility index (Phi) is 3.28. The van der Waals surface area contributed by atoms with E-state index in [9.17, 15) is 4.39 Å². The lowest BCUT2D eigenvalue weighted by molar-refractivity contribution is 0.476. The first-order chi connectivity index (χ1) is 8.56. The molecule has 92 valence electrons. The highest BCUT2D eigenvalue weighted by Crippen LogP contribution is 2.25. The van der Waals surface area contributed by atoms with Gasteiger partial charge < -0.3 is 10.5 Å². The summed E-state index contributed by atoms with van der Waals surface area (Å²) in [6.07, 6.45) is 0. The molecule has 3 N–H and O–H groups in total. The molecule has 0 atom stereocenters. The number of aryl methyl sites for hydroxylation is 1. The normalized spacial score (nSPS) is 10.1. The van der Waals surface area contributed by atoms with Crippen LogP contribution in [-0.4, -0.2) is 5.84 Å². The fourth-order valence-corrected chi connectivity index (χ4v) is 1.56. The zero-order valence-corrected chi connectivity index (χ0v) is 9.91. The van der Waals surface area contributed by atoms with Crippen molar-refractivity contribution >= 4 is 5.84 Å². The van der Waals surface area contributed by atoms with Gasteiger partial charge in [0.15, 0.2) is 0 Å². The number of nitrogens with two attached hydrogens (primary N) is 1. The van der Waals surface area contributed by atoms with Gasteiger partial charge in [-0.25, -0.2) is 4.39 Å². The highest BCUT2D eigenvalue weighted by molar-refractivity contribution is 5.94. The van der Waals surface area contributed by atoms with Crippen molar-refractivity contribution in [2.45, 2.75) is 6.92 Å². The van der Waals surface area contributed by atoms with E-state index in [0.717, 1.165) is 5.56 Å². The van der Waals surface area contributed by atoms with Crippen molar-refractivity contribution in [1.82, 2.24) is 0 Å². The third-order valence-corrected chi connectivity index (χ3v) is 2.53. The highest BCUT2D eigenvalue weighted by atomic mass is 19.1. The molecular formula is C14H13FN2O. The van der Waals surface area contributed by atoms with Gasteiger partial charge in [0.05, 0.1) is 0 Å². The van der Waals surface area contributed by atoms with Gasteiger partial charge in [0.2, 0.25) is 0 Å². The number of hydrogen-bond donors (Lipinski definition) is 2. The van der Waals surface area contributed by atoms with Crippen LogP contribution in [0, 0.1) is 18.2 Å². The number of nitrogen functional groups attached to an aromatic ring is 1. The zero-order valence-electron chi connectivity index (χ0n) is 9.91. The summed E-state index contributed by atoms with van der Waals surface area (Å²) in [6, 6.07) is 11.2. The van der Waals surface area contributed by atoms with Crippen molar-refractivity contribution in [3.8, 4) is 11.5 Å². The smallest absolute Gasteiger partial charge is 0.130 e. The molecule has 0 aliphatic carbocycles. The Morgan fingerprint density at radius 2 is 1.83 bits per heavy atom. The van der Waals surface area contributed by atoms with Gasteiger partial charge in [-0.2, -0.15) is 0 Å². The van der Waals surface area contributed by atoms with Crippen LogP contribution >= 0.6 is 0 Å². The molecule has 3 nitrogen and oxygen atoms in total. The van der Waals surface area contributed by atoms with Gasteiger partial charge >= 0.3 is 0 Å². The quantitative estimate of drug-likeness (QED) is 0.643. The van der Waals surface area contributed by atoms with Gasteiger partial charge in [0, 0.05) is 5.56 Å². The fraction of sp³-hybridized carbons (Fsp3) is 0.0714. The zero-order chi connectivity index (χ0) is 13.1. The Bertz CT molecular complexity index is 579. The lowest BCUT2D eigenvalue weighted by atomic mass is 10.2. The predicted octanol–water partition coefficient (Wildman–Crippen LogP) is 3.21. The Morgan fingerprint density at radius 1 is 1.17 bits per heavy atom. The largest absolute Gasteiger partial charge is 0.457 e. The van der Waals surface area contributed by atoms with Crippen LogP contribution in [-0.2, 0) is 0 Å². The molecule has 0 bridgehead atoms. The number of ether oxygens (including phenoxy) is 1. The molecule has 2 aromatic rings. The Hall–Kier alpha value is -2.36. The molecule has 0 saturated heterocycles. The molecule has 0 fully saturated rings. The third kappa shape index (κ3) is 2.66. The first kappa shape index (κ1) is 12.1. The van der Waals surface area contributed by atoms with Crippen LogP contribution in [0.3, 0.4) is 0 Å². The standard InChI is InChI=1S/C14H13FN2O/c1-9-8-11(15)4-7-13(9)18-12-5-2-10(3-6-12)14(16)17/h2-8H,1H3,(H3,16,17). The second-order valence-electron chi connectivity index (χ2n) is 3.95. The van der Waals surface area contributed by atoms with E-state index in [1.807, 2.05) is 0 Å². The van der Waals surface area contributed by atoms with E-state index in [2.05, 4.69) is 0 Å². The number of amidine groups is 1. The maximum Gasteiger partial charge on any atom is 0.130 e. The molecule has 0 radical (unpaired) electrons. The van der Waals surface area contributed by atoms with Crippen molar-refractivity contribution in [2.24, 2.45) is 5.73 Å². The van der Waals surface area contributed by atoms with Crippen LogP contribution in [0.2, 0.25) is 0 Å². The van der Waals surface area contributed by atoms with E-state index in [4.69, 9.17) is 15.9 Å². The van der Waals surface area contributed by atoms with E-state index in [0.29, 0.717) is 17.1 Å². The van der Waals surface area contributed by atoms with E-state index >= 15 is 0 Å². The average molecular weight is 244 g/mol. The van der Waals surface area contributed by atoms with Crippen LogP contribution in [0.15, 0.2) is 42.5 Å². The number of benzene rings is 2. The van der Waals surface area contributed by atoms with Gasteiger partial charge in [-0.15, -0.1) is 0 Å². The predicted molar refractivity (Wildman–Crippen MR) is 68.7 cm³/mol. The summed E-state index contributed by atoms with van der Waals surface area (Å²) in [4.78, 5) is 0. The maximum absolute atomic E-state index is 12.9. The Balaban J connectivity index is 2.21. The summed E-state index contributed by atoms with van der Waals surface area (Å²) in [5, 5.41) is 7.28. The monoisotopic (exact) mass is 244 g/mol. The Labute approximate surface area is 105 Å². The van der Waals surface area contributed by atoms with Crippen molar-refractivity contribution in [3.63, 3.8) is 0 Å². The van der Waals surface area contributed by atoms with E-state index in [-0.39, 0.29) is 11.7 Å². The molecule has 2 rings (SSSR count). The second kappa shape index (κ2) is 4.87. The van der Waals surface area contributed by atoms with E-state index in [1.165, 1.54) is 12.1 Å². The third-order valence-electron chi connectivity index (χ3n) is 2.53. The summed E-state index contributed by atoms with van der Waals surface area (Å²) in [5.74, 6) is 0.952. The minimum atomic E-state index is -0.285. The highest BCUT2D eigenvalue weighted by Gasteiger charge is 2.03. The molecule has 0 saturated carbocycles. The molecule has 0 aromatic heterocycles. The molecule has 0 spiro atoms. The van der Waals surface area contributed by atoms with Gasteiger partial charge in [-0.3, -0.25) is 5.41 Å². The molecule has 18 heavy (non-hydrogen) atoms. The first-order valence-electron chi connectivity index (χ1n) is 5.45. The number of halogens is 1. The average Bonchev–Trinajstić information content (AvgIpc) is 2.33. The molecule has 2 aromatic carbocycles. The number of nitrogens with one attached hydrogen (secondary N) is 1. The first-order valence-corrected chi connectivity index (χ1v) is 5.45. The number of hydrogen-bond acceptors (Lipinski definition) is 2. The lowest BCUT2D eigenvalue weighted by Gasteiger charge is -2.09. The summed E-state index contributed by atoms with van der Waals surface area (Å²) in [6.45, 7) is 1.78. The van der Waals surface area contributed by atoms with Crippen molar-refractivity contribution in [3.05, 3.63) is 59.4 Å². The molecule has 0 amide bonds. The molecule has 0 aliphatic heterocycles. The van der Waals surface area contributed by atoms with Crippen LogP contribution in [0.1, 0.15) is 11.1 Å². The summed E-state index contributed by atoms with van der Waals surface area (Å²) in [7, 11) is 0. The molecule has 0 heterocycles. The van der Waals surface area contributed by atoms with Crippen molar-refractivity contribution in [2.75, 3.05) is 0 Å². The van der Waals surface area contributed by atoms with Gasteiger partial charge in [-0.1, -0.05) is 0 Å². The van der Waals surface area contributed by atoms with Gasteiger partial charge in [0.25, 0.3) is 0 Å². The second-order valence-corrected chi connectivity index (χ2v) is 3.95. The molecular weight excluding hydrogens is 231 g/mol. The maximum atomic E-state index is 12.9. The van der Waals surface area contributed by atoms with Crippen molar-refractivity contribution in [1.29, 1.82) is 5.41 Å². The van der Waals surface area contributed by atoms with Crippen LogP contribution in [0.25, 0.3) is 0 Å². The van der Waals surface area contributed by atoms with Crippen LogP contribution < -0.4 is 10.5 Å². The minimum absolute atomic E-state index is 0.0134. The van der Waals surface area contributed by atoms with Gasteiger partial charge in [-0.05, 0) is 55.0 Å².